The Hall–Kier alpha value is -3.44. The lowest BCUT2D eigenvalue weighted by molar-refractivity contribution is -0.212. The Morgan fingerprint density at radius 3 is 2.79 bits per heavy atom. The molecule has 8 nitrogen and oxygen atoms in total. The zero-order valence-electron chi connectivity index (χ0n) is 14.9. The molecule has 0 saturated carbocycles. The summed E-state index contributed by atoms with van der Waals surface area (Å²) in [5, 5.41) is 10.2. The molecule has 3 aromatic rings. The Labute approximate surface area is 161 Å². The van der Waals surface area contributed by atoms with E-state index < -0.39 is 24.1 Å². The average molecular weight is 410 g/mol. The van der Waals surface area contributed by atoms with Gasteiger partial charge in [-0.3, -0.25) is 9.48 Å². The van der Waals surface area contributed by atoms with E-state index in [1.807, 2.05) is 0 Å². The number of halogens is 4. The molecule has 0 unspecified atom stereocenters. The lowest BCUT2D eigenvalue weighted by Crippen LogP contribution is -2.27. The van der Waals surface area contributed by atoms with E-state index in [-0.39, 0.29) is 21.7 Å². The van der Waals surface area contributed by atoms with Gasteiger partial charge in [-0.2, -0.15) is 14.9 Å². The molecule has 0 spiro atoms. The average Bonchev–Trinajstić information content (AvgIpc) is 3.38. The number of methoxy groups -OCH3 is 1. The van der Waals surface area contributed by atoms with E-state index in [0.717, 1.165) is 12.4 Å². The van der Waals surface area contributed by atoms with Gasteiger partial charge in [0.25, 0.3) is 5.91 Å². The molecule has 4 heterocycles. The molecule has 1 atom stereocenters. The van der Waals surface area contributed by atoms with Crippen molar-refractivity contribution in [3.63, 3.8) is 0 Å². The predicted octanol–water partition coefficient (Wildman–Crippen LogP) is 2.64. The van der Waals surface area contributed by atoms with Crippen molar-refractivity contribution in [1.82, 2.24) is 29.9 Å². The zero-order chi connectivity index (χ0) is 20.8. The van der Waals surface area contributed by atoms with Gasteiger partial charge in [-0.25, -0.2) is 9.37 Å². The number of nitrogens with zero attached hydrogens (tertiary/aromatic N) is 5. The molecule has 1 amide bonds. The molecule has 0 radical (unpaired) electrons. The molecule has 4 rings (SSSR count). The summed E-state index contributed by atoms with van der Waals surface area (Å²) in [5.41, 5.74) is 0.925. The van der Waals surface area contributed by atoms with Crippen LogP contribution < -0.4 is 10.1 Å². The van der Waals surface area contributed by atoms with Crippen LogP contribution in [-0.2, 0) is 12.8 Å². The second-order valence-electron chi connectivity index (χ2n) is 6.34. The minimum Gasteiger partial charge on any atom is -0.481 e. The molecule has 12 heteroatoms. The van der Waals surface area contributed by atoms with Crippen LogP contribution in [-0.4, -0.2) is 37.6 Å². The molecule has 0 saturated heterocycles. The largest absolute Gasteiger partial charge is 0.504 e. The molecule has 1 N–H and O–H groups in total. The van der Waals surface area contributed by atoms with E-state index in [4.69, 9.17) is 4.74 Å². The van der Waals surface area contributed by atoms with Crippen LogP contribution in [0, 0.1) is 5.82 Å². The van der Waals surface area contributed by atoms with Crippen LogP contribution in [0.3, 0.4) is 0 Å². The van der Waals surface area contributed by atoms with Gasteiger partial charge < -0.3 is 10.1 Å². The quantitative estimate of drug-likeness (QED) is 0.669. The van der Waals surface area contributed by atoms with Gasteiger partial charge in [0.2, 0.25) is 5.88 Å². The van der Waals surface area contributed by atoms with Gasteiger partial charge >= 0.3 is 6.30 Å². The molecular weight excluding hydrogens is 396 g/mol. The normalized spacial score (nSPS) is 16.0. The Kier molecular flexibility index (Phi) is 4.47. The van der Waals surface area contributed by atoms with E-state index in [1.54, 1.807) is 10.7 Å². The standard InChI is InChI=1S/C17H14F4N6O2/c1-29-15-4-10(11(18)7-22-15)13-5-14-12(2-3-26(14)25-13)24-16(28)9-6-23-27(8-9)17(19,20)21/h4-8,12H,2-3H2,1H3,(H,24,28)/t12-/m1/s1. The van der Waals surface area contributed by atoms with E-state index in [2.05, 4.69) is 20.5 Å². The molecule has 1 aliphatic rings. The van der Waals surface area contributed by atoms with E-state index in [9.17, 15) is 22.4 Å². The fourth-order valence-electron chi connectivity index (χ4n) is 3.12. The second kappa shape index (κ2) is 6.87. The van der Waals surface area contributed by atoms with Crippen LogP contribution in [0.5, 0.6) is 5.88 Å². The van der Waals surface area contributed by atoms with Crippen molar-refractivity contribution in [2.24, 2.45) is 0 Å². The van der Waals surface area contributed by atoms with Crippen molar-refractivity contribution in [2.75, 3.05) is 7.11 Å². The maximum absolute atomic E-state index is 14.1. The highest BCUT2D eigenvalue weighted by atomic mass is 19.4. The number of aryl methyl sites for hydroxylation is 1. The highest BCUT2D eigenvalue weighted by Crippen LogP contribution is 2.32. The number of hydrogen-bond donors (Lipinski definition) is 1. The molecule has 0 aromatic carbocycles. The number of carbonyl (C=O) groups is 1. The third kappa shape index (κ3) is 3.52. The molecule has 0 fully saturated rings. The number of fused-ring (bicyclic) bond motifs is 1. The van der Waals surface area contributed by atoms with Crippen molar-refractivity contribution in [3.8, 4) is 17.1 Å². The van der Waals surface area contributed by atoms with Crippen molar-refractivity contribution in [1.29, 1.82) is 0 Å². The van der Waals surface area contributed by atoms with Crippen LogP contribution in [0.4, 0.5) is 17.6 Å². The Bertz CT molecular complexity index is 1070. The minimum atomic E-state index is -4.70. The van der Waals surface area contributed by atoms with Crippen LogP contribution in [0.15, 0.2) is 30.7 Å². The summed E-state index contributed by atoms with van der Waals surface area (Å²) in [6.45, 7) is 0.464. The van der Waals surface area contributed by atoms with Gasteiger partial charge in [0, 0.05) is 24.4 Å². The van der Waals surface area contributed by atoms with Crippen LogP contribution in [0.25, 0.3) is 11.3 Å². The summed E-state index contributed by atoms with van der Waals surface area (Å²) in [4.78, 5) is 16.1. The number of ether oxygens (including phenoxy) is 1. The summed E-state index contributed by atoms with van der Waals surface area (Å²) < 4.78 is 58.4. The first-order valence-electron chi connectivity index (χ1n) is 8.46. The number of rotatable bonds is 4. The monoisotopic (exact) mass is 410 g/mol. The molecule has 29 heavy (non-hydrogen) atoms. The third-order valence-electron chi connectivity index (χ3n) is 4.52. The van der Waals surface area contributed by atoms with Gasteiger partial charge in [0.15, 0.2) is 5.82 Å². The summed E-state index contributed by atoms with van der Waals surface area (Å²) in [6.07, 6.45) is -1.71. The van der Waals surface area contributed by atoms with Crippen LogP contribution >= 0.6 is 0 Å². The lowest BCUT2D eigenvalue weighted by atomic mass is 10.1. The first-order chi connectivity index (χ1) is 13.8. The minimum absolute atomic E-state index is 0.190. The number of alkyl halides is 3. The topological polar surface area (TPSA) is 86.9 Å². The Morgan fingerprint density at radius 2 is 2.10 bits per heavy atom. The fraction of sp³-hybridized carbons (Fsp3) is 0.294. The maximum Gasteiger partial charge on any atom is 0.504 e. The first-order valence-corrected chi connectivity index (χ1v) is 8.46. The van der Waals surface area contributed by atoms with Gasteiger partial charge in [0.1, 0.15) is 0 Å². The number of hydrogen-bond acceptors (Lipinski definition) is 5. The lowest BCUT2D eigenvalue weighted by Gasteiger charge is -2.11. The first kappa shape index (κ1) is 18.9. The van der Waals surface area contributed by atoms with Gasteiger partial charge in [0.05, 0.1) is 42.5 Å². The molecule has 0 bridgehead atoms. The second-order valence-corrected chi connectivity index (χ2v) is 6.34. The van der Waals surface area contributed by atoms with Crippen molar-refractivity contribution < 1.29 is 27.1 Å². The van der Waals surface area contributed by atoms with Gasteiger partial charge in [-0.05, 0) is 12.5 Å². The summed E-state index contributed by atoms with van der Waals surface area (Å²) in [7, 11) is 1.41. The maximum atomic E-state index is 14.1. The summed E-state index contributed by atoms with van der Waals surface area (Å²) >= 11 is 0. The Balaban J connectivity index is 1.55. The number of aromatic nitrogens is 5. The molecular formula is C17H14F4N6O2. The molecule has 152 valence electrons. The number of amides is 1. The Morgan fingerprint density at radius 1 is 1.31 bits per heavy atom. The highest BCUT2D eigenvalue weighted by molar-refractivity contribution is 5.94. The SMILES string of the molecule is COc1cc(-c2cc3n(n2)CC[C@H]3NC(=O)c2cnn(C(F)(F)F)c2)c(F)cn1. The highest BCUT2D eigenvalue weighted by Gasteiger charge is 2.33. The fourth-order valence-corrected chi connectivity index (χ4v) is 3.12. The molecule has 0 aliphatic carbocycles. The van der Waals surface area contributed by atoms with Crippen molar-refractivity contribution >= 4 is 5.91 Å². The predicted molar refractivity (Wildman–Crippen MR) is 90.3 cm³/mol. The van der Waals surface area contributed by atoms with E-state index in [1.165, 1.54) is 13.2 Å². The smallest absolute Gasteiger partial charge is 0.481 e. The van der Waals surface area contributed by atoms with Gasteiger partial charge in [-0.15, -0.1) is 13.2 Å². The third-order valence-corrected chi connectivity index (χ3v) is 4.52. The van der Waals surface area contributed by atoms with E-state index in [0.29, 0.717) is 30.6 Å². The molecule has 3 aromatic heterocycles. The zero-order valence-corrected chi connectivity index (χ0v) is 14.9. The summed E-state index contributed by atoms with van der Waals surface area (Å²) in [5.74, 6) is -1.05. The summed E-state index contributed by atoms with van der Waals surface area (Å²) in [6, 6.07) is 2.55. The van der Waals surface area contributed by atoms with Crippen molar-refractivity contribution in [2.45, 2.75) is 25.3 Å². The van der Waals surface area contributed by atoms with Crippen LogP contribution in [0.2, 0.25) is 0 Å². The number of carbonyl (C=O) groups excluding carboxylic acids is 1. The van der Waals surface area contributed by atoms with Crippen molar-refractivity contribution in [3.05, 3.63) is 47.8 Å². The molecule has 1 aliphatic heterocycles. The van der Waals surface area contributed by atoms with Crippen LogP contribution in [0.1, 0.15) is 28.5 Å². The van der Waals surface area contributed by atoms with Gasteiger partial charge in [-0.1, -0.05) is 0 Å². The number of pyridine rings is 1. The van der Waals surface area contributed by atoms with E-state index >= 15 is 0 Å². The number of nitrogens with one attached hydrogen (secondary N) is 1.